The van der Waals surface area contributed by atoms with Crippen molar-refractivity contribution in [3.8, 4) is 0 Å². The second-order valence-electron chi connectivity index (χ2n) is 5.59. The molecule has 0 atom stereocenters. The Morgan fingerprint density at radius 2 is 1.15 bits per heavy atom. The molecule has 0 saturated carbocycles. The molecule has 2 N–H and O–H groups in total. The molecule has 6 heteroatoms. The van der Waals surface area contributed by atoms with Gasteiger partial charge in [0.15, 0.2) is 11.6 Å². The molecule has 0 heterocycles. The van der Waals surface area contributed by atoms with Crippen LogP contribution in [-0.4, -0.2) is 36.2 Å². The molecule has 2 aliphatic carbocycles. The Hall–Kier alpha value is -1.75. The Kier molecular flexibility index (Phi) is 11.5. The van der Waals surface area contributed by atoms with E-state index in [1.54, 1.807) is 36.7 Å². The maximum atomic E-state index is 11.5. The van der Waals surface area contributed by atoms with Crippen molar-refractivity contribution >= 4 is 23.3 Å². The summed E-state index contributed by atoms with van der Waals surface area (Å²) in [7, 11) is 0. The van der Waals surface area contributed by atoms with Gasteiger partial charge in [-0.15, -0.1) is 0 Å². The predicted octanol–water partition coefficient (Wildman–Crippen LogP) is 2.83. The van der Waals surface area contributed by atoms with Crippen molar-refractivity contribution in [1.82, 2.24) is 10.6 Å². The maximum absolute atomic E-state index is 11.5. The first-order chi connectivity index (χ1) is 12.3. The summed E-state index contributed by atoms with van der Waals surface area (Å²) in [5.74, 6) is 2.28. The van der Waals surface area contributed by atoms with E-state index in [9.17, 15) is 9.59 Å². The minimum Gasteiger partial charge on any atom is -0.390 e. The van der Waals surface area contributed by atoms with Gasteiger partial charge in [-0.25, -0.2) is 0 Å². The Morgan fingerprint density at radius 3 is 1.58 bits per heavy atom. The summed E-state index contributed by atoms with van der Waals surface area (Å²) in [4.78, 5) is 23.0. The van der Waals surface area contributed by atoms with Crippen molar-refractivity contribution in [3.05, 3.63) is 72.2 Å². The van der Waals surface area contributed by atoms with Crippen molar-refractivity contribution in [2.75, 3.05) is 24.6 Å². The summed E-state index contributed by atoms with van der Waals surface area (Å²) < 4.78 is 0. The van der Waals surface area contributed by atoms with Gasteiger partial charge in [0, 0.05) is 53.7 Å². The third-order valence-corrected chi connectivity index (χ3v) is 4.73. The van der Waals surface area contributed by atoms with E-state index in [1.807, 2.05) is 36.1 Å². The summed E-state index contributed by atoms with van der Waals surface area (Å²) in [6, 6.07) is 0. The molecular weight excluding hydrogens is 396 g/mol. The third-order valence-electron chi connectivity index (χ3n) is 3.57. The van der Waals surface area contributed by atoms with Crippen LogP contribution in [0.4, 0.5) is 0 Å². The summed E-state index contributed by atoms with van der Waals surface area (Å²) >= 11 is 1.92. The molecule has 0 saturated heterocycles. The first-order valence-corrected chi connectivity index (χ1v) is 9.66. The van der Waals surface area contributed by atoms with E-state index < -0.39 is 0 Å². The average molecular weight is 420 g/mol. The summed E-state index contributed by atoms with van der Waals surface area (Å²) in [5, 5.41) is 6.38. The average Bonchev–Trinajstić information content (AvgIpc) is 2.62. The Balaban J connectivity index is 0.00000338. The minimum atomic E-state index is 0. The molecule has 143 valence electrons. The third kappa shape index (κ3) is 8.56. The van der Waals surface area contributed by atoms with Gasteiger partial charge in [-0.05, 0) is 48.7 Å². The number of rotatable bonds is 10. The number of carbonyl (C=O) groups is 2. The quantitative estimate of drug-likeness (QED) is 0.324. The van der Waals surface area contributed by atoms with Gasteiger partial charge in [0.25, 0.3) is 0 Å². The van der Waals surface area contributed by atoms with E-state index in [1.165, 1.54) is 0 Å². The van der Waals surface area contributed by atoms with E-state index in [-0.39, 0.29) is 28.6 Å². The van der Waals surface area contributed by atoms with E-state index in [4.69, 9.17) is 0 Å². The molecule has 26 heavy (non-hydrogen) atoms. The van der Waals surface area contributed by atoms with Crippen LogP contribution in [0.15, 0.2) is 72.2 Å². The van der Waals surface area contributed by atoms with Crippen molar-refractivity contribution in [3.63, 3.8) is 0 Å². The van der Waals surface area contributed by atoms with Crippen LogP contribution < -0.4 is 10.6 Å². The largest absolute Gasteiger partial charge is 0.390 e. The van der Waals surface area contributed by atoms with Gasteiger partial charge >= 0.3 is 0 Å². The molecule has 0 fully saturated rings. The molecule has 0 unspecified atom stereocenters. The van der Waals surface area contributed by atoms with Crippen LogP contribution in [0.1, 0.15) is 12.8 Å². The molecule has 0 aromatic carbocycles. The molecule has 0 aromatic heterocycles. The van der Waals surface area contributed by atoms with E-state index in [0.717, 1.165) is 37.4 Å². The fourth-order valence-electron chi connectivity index (χ4n) is 2.22. The van der Waals surface area contributed by atoms with Crippen LogP contribution in [0.3, 0.4) is 0 Å². The minimum absolute atomic E-state index is 0. The molecule has 0 bridgehead atoms. The van der Waals surface area contributed by atoms with Gasteiger partial charge in [0.2, 0.25) is 0 Å². The Morgan fingerprint density at radius 1 is 0.731 bits per heavy atom. The number of hydrogen-bond acceptors (Lipinski definition) is 5. The maximum Gasteiger partial charge on any atom is 0.187 e. The fourth-order valence-corrected chi connectivity index (χ4v) is 3.12. The van der Waals surface area contributed by atoms with E-state index in [2.05, 4.69) is 10.6 Å². The van der Waals surface area contributed by atoms with Gasteiger partial charge in [0.1, 0.15) is 0 Å². The second kappa shape index (κ2) is 13.5. The molecule has 1 radical (unpaired) electrons. The SMILES string of the molecule is O=C1C=CC=C/C1=C/NCCCSCCCN/C=C1/C=CC=CC1=O.[Cu]. The molecule has 2 rings (SSSR count). The van der Waals surface area contributed by atoms with Crippen LogP contribution in [0, 0.1) is 0 Å². The Labute approximate surface area is 170 Å². The van der Waals surface area contributed by atoms with Gasteiger partial charge in [-0.3, -0.25) is 9.59 Å². The van der Waals surface area contributed by atoms with Gasteiger partial charge in [-0.1, -0.05) is 24.3 Å². The zero-order valence-corrected chi connectivity index (χ0v) is 16.3. The number of allylic oxidation sites excluding steroid dienone is 10. The van der Waals surface area contributed by atoms with E-state index >= 15 is 0 Å². The normalized spacial score (nSPS) is 18.5. The monoisotopic (exact) mass is 419 g/mol. The van der Waals surface area contributed by atoms with Gasteiger partial charge < -0.3 is 10.6 Å². The number of hydrogen-bond donors (Lipinski definition) is 2. The molecule has 4 nitrogen and oxygen atoms in total. The predicted molar refractivity (Wildman–Crippen MR) is 105 cm³/mol. The smallest absolute Gasteiger partial charge is 0.187 e. The summed E-state index contributed by atoms with van der Waals surface area (Å²) in [6.45, 7) is 1.74. The van der Waals surface area contributed by atoms with Crippen LogP contribution in [0.5, 0.6) is 0 Å². The van der Waals surface area contributed by atoms with Crippen molar-refractivity contribution in [2.24, 2.45) is 0 Å². The number of nitrogens with one attached hydrogen (secondary N) is 2. The van der Waals surface area contributed by atoms with Crippen LogP contribution in [0.2, 0.25) is 0 Å². The summed E-state index contributed by atoms with van der Waals surface area (Å²) in [6.07, 6.45) is 19.7. The van der Waals surface area contributed by atoms with Crippen molar-refractivity contribution in [2.45, 2.75) is 12.8 Å². The van der Waals surface area contributed by atoms with Gasteiger partial charge in [0.05, 0.1) is 0 Å². The number of ketones is 2. The first-order valence-electron chi connectivity index (χ1n) is 8.50. The van der Waals surface area contributed by atoms with E-state index in [0.29, 0.717) is 11.1 Å². The van der Waals surface area contributed by atoms with Crippen LogP contribution in [-0.2, 0) is 26.7 Å². The zero-order valence-electron chi connectivity index (χ0n) is 14.5. The zero-order chi connectivity index (χ0) is 17.7. The Bertz CT molecular complexity index is 605. The number of thioether (sulfide) groups is 1. The topological polar surface area (TPSA) is 58.2 Å². The van der Waals surface area contributed by atoms with Crippen LogP contribution in [0.25, 0.3) is 0 Å². The van der Waals surface area contributed by atoms with Gasteiger partial charge in [-0.2, -0.15) is 11.8 Å². The first kappa shape index (κ1) is 22.3. The number of carbonyl (C=O) groups excluding carboxylic acids is 2. The molecule has 0 spiro atoms. The fraction of sp³-hybridized carbons (Fsp3) is 0.300. The second-order valence-corrected chi connectivity index (χ2v) is 6.82. The summed E-state index contributed by atoms with van der Waals surface area (Å²) in [5.41, 5.74) is 1.41. The van der Waals surface area contributed by atoms with Crippen molar-refractivity contribution < 1.29 is 26.7 Å². The molecular formula is C20H24CuN2O2S. The molecule has 0 amide bonds. The molecule has 2 aliphatic rings. The van der Waals surface area contributed by atoms with Crippen LogP contribution >= 0.6 is 11.8 Å². The van der Waals surface area contributed by atoms with Crippen molar-refractivity contribution in [1.29, 1.82) is 0 Å². The molecule has 0 aromatic rings. The molecule has 0 aliphatic heterocycles. The standard InChI is InChI=1S/C20H24N2O2S.Cu/c23-19-9-3-1-7-17(19)15-21-11-5-13-25-14-6-12-22-16-18-8-2-4-10-20(18)24;/h1-4,7-10,15-16,21-22H,5-6,11-14H2;/b17-15-,18-16-;.